The van der Waals surface area contributed by atoms with Gasteiger partial charge in [0.2, 0.25) is 0 Å². The fourth-order valence-electron chi connectivity index (χ4n) is 4.27. The first-order chi connectivity index (χ1) is 13.5. The van der Waals surface area contributed by atoms with Gasteiger partial charge in [0.15, 0.2) is 0 Å². The van der Waals surface area contributed by atoms with Crippen LogP contribution in [0.25, 0.3) is 0 Å². The van der Waals surface area contributed by atoms with Gasteiger partial charge in [-0.15, -0.1) is 0 Å². The second-order valence-corrected chi connectivity index (χ2v) is 12.4. The Morgan fingerprint density at radius 3 is 1.07 bits per heavy atom. The van der Waals surface area contributed by atoms with Crippen molar-refractivity contribution in [2.24, 2.45) is 0 Å². The van der Waals surface area contributed by atoms with Gasteiger partial charge in [-0.05, 0) is 0 Å². The molecule has 0 N–H and O–H groups in total. The fraction of sp³-hybridized carbons (Fsp3) is 0.800. The summed E-state index contributed by atoms with van der Waals surface area (Å²) < 4.78 is 12.5. The van der Waals surface area contributed by atoms with Gasteiger partial charge in [-0.25, -0.2) is 0 Å². The van der Waals surface area contributed by atoms with E-state index in [1.165, 1.54) is 13.8 Å². The Morgan fingerprint density at radius 2 is 0.897 bits per heavy atom. The molecule has 0 fully saturated rings. The van der Waals surface area contributed by atoms with Crippen LogP contribution in [0.15, 0.2) is 0 Å². The Kier molecular flexibility index (Phi) is 11.9. The van der Waals surface area contributed by atoms with Gasteiger partial charge in [0, 0.05) is 0 Å². The Hall–Kier alpha value is -0.766. The van der Waals surface area contributed by atoms with Crippen LogP contribution in [0.2, 0.25) is 0 Å². The summed E-state index contributed by atoms with van der Waals surface area (Å²) in [5, 5.41) is 0. The molecule has 0 saturated carbocycles. The topological polar surface area (TPSA) is 86.7 Å². The number of hydrogen-bond donors (Lipinski definition) is 0. The number of ketones is 2. The standard InChI is InChI=1S/2C8H15NO2.2C2H5O.Ti/c2*1-4-9(5-2)8(11)6-7(3)10;2*1-2-3;/h2*4-6H2,1-3H3;2*2H2,1H3;/q;;2*-1;+4. The Balaban J connectivity index is 7.18. The number of carbonyl (C=O) groups is 4. The van der Waals surface area contributed by atoms with E-state index in [0.717, 1.165) is 0 Å². The van der Waals surface area contributed by atoms with Crippen molar-refractivity contribution in [3.8, 4) is 0 Å². The third kappa shape index (κ3) is 5.29. The van der Waals surface area contributed by atoms with Crippen LogP contribution in [0, 0.1) is 0 Å². The van der Waals surface area contributed by atoms with Gasteiger partial charge < -0.3 is 0 Å². The summed E-state index contributed by atoms with van der Waals surface area (Å²) in [6, 6.07) is 0. The summed E-state index contributed by atoms with van der Waals surface area (Å²) in [5.74, 6) is -1.01. The van der Waals surface area contributed by atoms with Crippen LogP contribution in [0.4, 0.5) is 0 Å². The zero-order valence-electron chi connectivity index (χ0n) is 19.5. The monoisotopic (exact) mass is 452 g/mol. The van der Waals surface area contributed by atoms with Gasteiger partial charge in [0.05, 0.1) is 0 Å². The van der Waals surface area contributed by atoms with Crippen molar-refractivity contribution >= 4 is 23.4 Å². The molecule has 0 aromatic carbocycles. The van der Waals surface area contributed by atoms with Crippen LogP contribution in [0.5, 0.6) is 0 Å². The van der Waals surface area contributed by atoms with Crippen LogP contribution in [0.3, 0.4) is 0 Å². The average molecular weight is 452 g/mol. The van der Waals surface area contributed by atoms with Crippen molar-refractivity contribution in [2.75, 3.05) is 39.4 Å². The van der Waals surface area contributed by atoms with Gasteiger partial charge >= 0.3 is 181 Å². The SMILES string of the molecule is CC[O][Ti]([O]CC)([N+](CC)(CC)C(=O)CC(C)=O)[N+](CC)(CC)C(=O)CC(C)=O. The van der Waals surface area contributed by atoms with Crippen molar-refractivity contribution in [1.82, 2.24) is 0 Å². The maximum absolute atomic E-state index is 13.5. The number of hydrogen-bond acceptors (Lipinski definition) is 6. The van der Waals surface area contributed by atoms with E-state index in [9.17, 15) is 19.2 Å². The maximum atomic E-state index is 13.5. The normalized spacial score (nSPS) is 12.7. The van der Waals surface area contributed by atoms with E-state index in [-0.39, 0.29) is 55.4 Å². The van der Waals surface area contributed by atoms with E-state index in [4.69, 9.17) is 6.64 Å². The predicted octanol–water partition coefficient (Wildman–Crippen LogP) is 2.60. The zero-order valence-corrected chi connectivity index (χ0v) is 21.1. The van der Waals surface area contributed by atoms with Crippen LogP contribution in [-0.4, -0.2) is 68.7 Å². The molecule has 9 heteroatoms. The number of quaternary nitrogens is 2. The molecule has 0 spiro atoms. The van der Waals surface area contributed by atoms with Gasteiger partial charge in [-0.3, -0.25) is 0 Å². The molecule has 0 heterocycles. The van der Waals surface area contributed by atoms with Crippen molar-refractivity contribution in [3.63, 3.8) is 0 Å². The molecule has 0 atom stereocenters. The molecule has 0 rings (SSSR count). The van der Waals surface area contributed by atoms with E-state index in [0.29, 0.717) is 26.2 Å². The van der Waals surface area contributed by atoms with Gasteiger partial charge in [0.1, 0.15) is 0 Å². The Morgan fingerprint density at radius 1 is 0.621 bits per heavy atom. The minimum absolute atomic E-state index is 0.146. The Bertz CT molecular complexity index is 548. The summed E-state index contributed by atoms with van der Waals surface area (Å²) in [6.45, 7) is 15.9. The van der Waals surface area contributed by atoms with Crippen LogP contribution < -0.4 is 0 Å². The quantitative estimate of drug-likeness (QED) is 0.298. The molecular formula is C20H40N2O6Ti+2. The van der Waals surface area contributed by atoms with E-state index in [2.05, 4.69) is 0 Å². The average Bonchev–Trinajstić information content (AvgIpc) is 2.63. The van der Waals surface area contributed by atoms with Gasteiger partial charge in [0.25, 0.3) is 0 Å². The predicted molar refractivity (Wildman–Crippen MR) is 107 cm³/mol. The first-order valence-electron chi connectivity index (χ1n) is 10.6. The molecule has 0 aliphatic carbocycles. The molecular weight excluding hydrogens is 412 g/mol. The zero-order chi connectivity index (χ0) is 22.9. The number of carbonyl (C=O) groups excluding carboxylic acids is 4. The van der Waals surface area contributed by atoms with Crippen molar-refractivity contribution in [1.29, 1.82) is 0 Å². The number of Topliss-reactive ketones (excluding diaryl/α,β-unsaturated/α-hetero) is 2. The van der Waals surface area contributed by atoms with Crippen LogP contribution in [0.1, 0.15) is 68.2 Å². The minimum atomic E-state index is -4.46. The van der Waals surface area contributed by atoms with Crippen LogP contribution in [-0.2, 0) is 43.7 Å². The molecule has 0 bridgehead atoms. The molecule has 0 aromatic heterocycles. The van der Waals surface area contributed by atoms with Gasteiger partial charge in [-0.2, -0.15) is 0 Å². The number of rotatable bonds is 14. The summed E-state index contributed by atoms with van der Waals surface area (Å²) in [6.07, 6.45) is -0.466. The summed E-state index contributed by atoms with van der Waals surface area (Å²) in [7, 11) is 0. The molecule has 0 aliphatic heterocycles. The molecule has 0 saturated heterocycles. The van der Waals surface area contributed by atoms with Crippen molar-refractivity contribution in [2.45, 2.75) is 68.2 Å². The number of amides is 2. The molecule has 8 nitrogen and oxygen atoms in total. The number of nitrogens with zero attached hydrogens (tertiary/aromatic N) is 2. The van der Waals surface area contributed by atoms with E-state index in [1.807, 2.05) is 41.5 Å². The third-order valence-electron chi connectivity index (χ3n) is 5.66. The second-order valence-electron chi connectivity index (χ2n) is 7.16. The summed E-state index contributed by atoms with van der Waals surface area (Å²) >= 11 is -4.46. The first kappa shape index (κ1) is 28.2. The van der Waals surface area contributed by atoms with E-state index < -0.39 is 17.9 Å². The van der Waals surface area contributed by atoms with Gasteiger partial charge in [-0.1, -0.05) is 0 Å². The molecule has 0 aliphatic rings. The fourth-order valence-corrected chi connectivity index (χ4v) is 12.0. The van der Waals surface area contributed by atoms with Crippen LogP contribution >= 0.6 is 0 Å². The Labute approximate surface area is 180 Å². The first-order valence-corrected chi connectivity index (χ1v) is 13.3. The third-order valence-corrected chi connectivity index (χ3v) is 13.9. The van der Waals surface area contributed by atoms with Crippen molar-refractivity contribution < 1.29 is 49.6 Å². The van der Waals surface area contributed by atoms with Crippen molar-refractivity contribution in [3.05, 3.63) is 0 Å². The molecule has 0 aromatic rings. The summed E-state index contributed by atoms with van der Waals surface area (Å²) in [4.78, 5) is 50.7. The molecule has 2 amide bonds. The molecule has 29 heavy (non-hydrogen) atoms. The van der Waals surface area contributed by atoms with E-state index in [1.54, 1.807) is 0 Å². The van der Waals surface area contributed by atoms with E-state index >= 15 is 0 Å². The molecule has 168 valence electrons. The molecule has 0 unspecified atom stereocenters. The second kappa shape index (κ2) is 12.2. The summed E-state index contributed by atoms with van der Waals surface area (Å²) in [5.41, 5.74) is 0. The molecule has 0 radical (unpaired) electrons.